The van der Waals surface area contributed by atoms with Gasteiger partial charge in [-0.3, -0.25) is 9.69 Å². The lowest BCUT2D eigenvalue weighted by molar-refractivity contribution is -0.135. The van der Waals surface area contributed by atoms with Crippen molar-refractivity contribution in [1.29, 1.82) is 0 Å². The van der Waals surface area contributed by atoms with E-state index in [1.807, 2.05) is 27.1 Å². The van der Waals surface area contributed by atoms with Crippen molar-refractivity contribution in [2.45, 2.75) is 19.6 Å². The highest BCUT2D eigenvalue weighted by atomic mass is 19.1. The molecule has 1 aromatic carbocycles. The molecule has 24 heavy (non-hydrogen) atoms. The first kappa shape index (κ1) is 18.8. The number of morpholine rings is 1. The normalized spacial score (nSPS) is 18.8. The summed E-state index contributed by atoms with van der Waals surface area (Å²) in [6.07, 6.45) is 0.139. The van der Waals surface area contributed by atoms with Gasteiger partial charge >= 0.3 is 0 Å². The van der Waals surface area contributed by atoms with Crippen molar-refractivity contribution in [3.63, 3.8) is 0 Å². The Bertz CT molecular complexity index is 539. The second-order valence-corrected chi connectivity index (χ2v) is 6.53. The number of benzene rings is 1. The molecule has 6 heteroatoms. The van der Waals surface area contributed by atoms with Gasteiger partial charge in [-0.15, -0.1) is 0 Å². The molecule has 0 radical (unpaired) electrons. The smallest absolute Gasteiger partial charge is 0.237 e. The molecule has 1 amide bonds. The van der Waals surface area contributed by atoms with Gasteiger partial charge in [0.15, 0.2) is 0 Å². The molecule has 0 aliphatic carbocycles. The molecule has 1 atom stereocenters. The van der Waals surface area contributed by atoms with E-state index in [2.05, 4.69) is 9.80 Å². The molecule has 1 unspecified atom stereocenters. The van der Waals surface area contributed by atoms with E-state index in [9.17, 15) is 9.18 Å². The van der Waals surface area contributed by atoms with Crippen LogP contribution < -0.4 is 0 Å². The van der Waals surface area contributed by atoms with Crippen molar-refractivity contribution in [3.8, 4) is 0 Å². The maximum Gasteiger partial charge on any atom is 0.237 e. The summed E-state index contributed by atoms with van der Waals surface area (Å²) in [5, 5.41) is 0. The van der Waals surface area contributed by atoms with Crippen LogP contribution in [-0.4, -0.2) is 80.1 Å². The third-order valence-electron chi connectivity index (χ3n) is 4.15. The third kappa shape index (κ3) is 5.85. The monoisotopic (exact) mass is 337 g/mol. The van der Waals surface area contributed by atoms with Crippen LogP contribution >= 0.6 is 0 Å². The van der Waals surface area contributed by atoms with Crippen LogP contribution in [-0.2, 0) is 16.1 Å². The predicted octanol–water partition coefficient (Wildman–Crippen LogP) is 1.44. The number of hydrogen-bond donors (Lipinski definition) is 0. The van der Waals surface area contributed by atoms with E-state index in [1.54, 1.807) is 11.0 Å². The molecule has 1 saturated heterocycles. The Morgan fingerprint density at radius 3 is 2.88 bits per heavy atom. The van der Waals surface area contributed by atoms with Crippen LogP contribution in [0.4, 0.5) is 4.39 Å². The van der Waals surface area contributed by atoms with Gasteiger partial charge < -0.3 is 14.5 Å². The molecule has 1 heterocycles. The zero-order chi connectivity index (χ0) is 17.5. The summed E-state index contributed by atoms with van der Waals surface area (Å²) in [5.41, 5.74) is 0.817. The molecule has 1 aliphatic rings. The lowest BCUT2D eigenvalue weighted by Crippen LogP contribution is -2.50. The van der Waals surface area contributed by atoms with E-state index in [0.29, 0.717) is 26.2 Å². The predicted molar refractivity (Wildman–Crippen MR) is 92.2 cm³/mol. The average molecular weight is 337 g/mol. The van der Waals surface area contributed by atoms with E-state index in [0.717, 1.165) is 25.2 Å². The van der Waals surface area contributed by atoms with Crippen molar-refractivity contribution in [3.05, 3.63) is 35.6 Å². The van der Waals surface area contributed by atoms with Gasteiger partial charge in [0.05, 0.1) is 19.3 Å². The van der Waals surface area contributed by atoms with Crippen molar-refractivity contribution in [2.24, 2.45) is 0 Å². The van der Waals surface area contributed by atoms with Crippen molar-refractivity contribution in [2.75, 3.05) is 53.4 Å². The van der Waals surface area contributed by atoms with E-state index in [4.69, 9.17) is 4.74 Å². The quantitative estimate of drug-likeness (QED) is 0.754. The number of amides is 1. The van der Waals surface area contributed by atoms with Crippen molar-refractivity contribution < 1.29 is 13.9 Å². The zero-order valence-electron chi connectivity index (χ0n) is 14.9. The maximum atomic E-state index is 13.3. The number of rotatable bonds is 7. The van der Waals surface area contributed by atoms with E-state index >= 15 is 0 Å². The molecule has 1 aliphatic heterocycles. The van der Waals surface area contributed by atoms with Crippen LogP contribution in [0.3, 0.4) is 0 Å². The largest absolute Gasteiger partial charge is 0.374 e. The molecule has 0 N–H and O–H groups in total. The molecule has 5 nitrogen and oxygen atoms in total. The van der Waals surface area contributed by atoms with E-state index < -0.39 is 0 Å². The number of halogens is 1. The van der Waals surface area contributed by atoms with Gasteiger partial charge in [0.25, 0.3) is 0 Å². The zero-order valence-corrected chi connectivity index (χ0v) is 14.9. The van der Waals surface area contributed by atoms with Crippen molar-refractivity contribution in [1.82, 2.24) is 14.7 Å². The number of carbonyl (C=O) groups excluding carboxylic acids is 1. The first-order chi connectivity index (χ1) is 11.5. The van der Waals surface area contributed by atoms with E-state index in [1.165, 1.54) is 12.1 Å². The van der Waals surface area contributed by atoms with Gasteiger partial charge in [-0.1, -0.05) is 12.1 Å². The number of nitrogens with zero attached hydrogens (tertiary/aromatic N) is 3. The van der Waals surface area contributed by atoms with Gasteiger partial charge in [0, 0.05) is 32.7 Å². The van der Waals surface area contributed by atoms with Gasteiger partial charge in [0.2, 0.25) is 5.91 Å². The molecular weight excluding hydrogens is 309 g/mol. The summed E-state index contributed by atoms with van der Waals surface area (Å²) in [6, 6.07) is 6.43. The Morgan fingerprint density at radius 1 is 1.42 bits per heavy atom. The second kappa shape index (κ2) is 9.11. The average Bonchev–Trinajstić information content (AvgIpc) is 2.52. The van der Waals surface area contributed by atoms with E-state index in [-0.39, 0.29) is 17.8 Å². The Hall–Kier alpha value is -1.50. The minimum absolute atomic E-state index is 0.0762. The summed E-state index contributed by atoms with van der Waals surface area (Å²) in [4.78, 5) is 18.6. The molecule has 0 aromatic heterocycles. The minimum Gasteiger partial charge on any atom is -0.374 e. The highest BCUT2D eigenvalue weighted by Gasteiger charge is 2.24. The van der Waals surface area contributed by atoms with Crippen LogP contribution in [0, 0.1) is 5.82 Å². The maximum absolute atomic E-state index is 13.3. The summed E-state index contributed by atoms with van der Waals surface area (Å²) in [6.45, 7) is 6.43. The molecule has 1 fully saturated rings. The molecule has 0 spiro atoms. The van der Waals surface area contributed by atoms with Crippen LogP contribution in [0.25, 0.3) is 0 Å². The fourth-order valence-corrected chi connectivity index (χ4v) is 2.97. The van der Waals surface area contributed by atoms with Crippen molar-refractivity contribution >= 4 is 5.91 Å². The lowest BCUT2D eigenvalue weighted by Gasteiger charge is -2.34. The highest BCUT2D eigenvalue weighted by molar-refractivity contribution is 5.78. The first-order valence-electron chi connectivity index (χ1n) is 8.48. The number of carbonyl (C=O) groups is 1. The Morgan fingerprint density at radius 2 is 2.21 bits per heavy atom. The Kier molecular flexibility index (Phi) is 7.15. The molecule has 2 rings (SSSR count). The first-order valence-corrected chi connectivity index (χ1v) is 8.48. The summed E-state index contributed by atoms with van der Waals surface area (Å²) in [7, 11) is 4.04. The number of hydrogen-bond acceptors (Lipinski definition) is 4. The molecular formula is C18H28FN3O2. The summed E-state index contributed by atoms with van der Waals surface area (Å²) < 4.78 is 19.1. The second-order valence-electron chi connectivity index (χ2n) is 6.53. The summed E-state index contributed by atoms with van der Waals surface area (Å²) >= 11 is 0. The molecule has 0 bridgehead atoms. The minimum atomic E-state index is -0.268. The van der Waals surface area contributed by atoms with Crippen LogP contribution in [0.15, 0.2) is 24.3 Å². The number of ether oxygens (including phenoxy) is 1. The van der Waals surface area contributed by atoms with Crippen LogP contribution in [0.5, 0.6) is 0 Å². The lowest BCUT2D eigenvalue weighted by atomic mass is 10.2. The molecule has 134 valence electrons. The van der Waals surface area contributed by atoms with Crippen LogP contribution in [0.1, 0.15) is 12.5 Å². The van der Waals surface area contributed by atoms with Gasteiger partial charge in [-0.05, 0) is 38.7 Å². The topological polar surface area (TPSA) is 36.0 Å². The molecule has 0 saturated carbocycles. The van der Waals surface area contributed by atoms with Gasteiger partial charge in [0.1, 0.15) is 5.82 Å². The fraction of sp³-hybridized carbons (Fsp3) is 0.611. The third-order valence-corrected chi connectivity index (χ3v) is 4.15. The van der Waals surface area contributed by atoms with Gasteiger partial charge in [-0.2, -0.15) is 0 Å². The highest BCUT2D eigenvalue weighted by Crippen LogP contribution is 2.10. The number of likely N-dealkylation sites (N-methyl/N-ethyl adjacent to an activating group) is 2. The fourth-order valence-electron chi connectivity index (χ4n) is 2.97. The van der Waals surface area contributed by atoms with Gasteiger partial charge in [-0.25, -0.2) is 4.39 Å². The Labute approximate surface area is 144 Å². The SMILES string of the molecule is CCN(Cc1cccc(F)c1)C(=O)CN1CCOC(CN(C)C)C1. The Balaban J connectivity index is 1.89. The standard InChI is InChI=1S/C18H28FN3O2/c1-4-22(11-15-6-5-7-16(19)10-15)18(23)14-21-8-9-24-17(13-21)12-20(2)3/h5-7,10,17H,4,8-9,11-14H2,1-3H3. The molecule has 1 aromatic rings. The van der Waals surface area contributed by atoms with Crippen LogP contribution in [0.2, 0.25) is 0 Å². The summed E-state index contributed by atoms with van der Waals surface area (Å²) in [5.74, 6) is -0.192.